The van der Waals surface area contributed by atoms with Gasteiger partial charge in [0.2, 0.25) is 5.91 Å². The Labute approximate surface area is 155 Å². The van der Waals surface area contributed by atoms with Crippen LogP contribution < -0.4 is 16.0 Å². The summed E-state index contributed by atoms with van der Waals surface area (Å²) in [7, 11) is 1.72. The van der Waals surface area contributed by atoms with Crippen LogP contribution in [-0.2, 0) is 17.8 Å². The first kappa shape index (κ1) is 19.4. The molecule has 0 saturated heterocycles. The molecule has 1 amide bonds. The number of nitrogens with zero attached hydrogens (tertiary/aromatic N) is 2. The number of hydrogen-bond acceptors (Lipinski definition) is 3. The smallest absolute Gasteiger partial charge is 0.227 e. The van der Waals surface area contributed by atoms with Gasteiger partial charge in [-0.3, -0.25) is 9.79 Å². The number of anilines is 1. The van der Waals surface area contributed by atoms with Crippen molar-refractivity contribution in [1.29, 1.82) is 0 Å². The second-order valence-corrected chi connectivity index (χ2v) is 5.94. The molecule has 0 bridgehead atoms. The molecule has 1 aromatic carbocycles. The van der Waals surface area contributed by atoms with Gasteiger partial charge in [-0.1, -0.05) is 37.3 Å². The van der Waals surface area contributed by atoms with E-state index in [4.69, 9.17) is 0 Å². The van der Waals surface area contributed by atoms with Crippen molar-refractivity contribution in [2.75, 3.05) is 18.9 Å². The van der Waals surface area contributed by atoms with E-state index in [1.165, 1.54) is 11.1 Å². The number of nitrogens with one attached hydrogen (secondary N) is 3. The number of pyridine rings is 1. The molecule has 0 saturated carbocycles. The molecule has 2 aromatic rings. The minimum Gasteiger partial charge on any atom is -0.356 e. The van der Waals surface area contributed by atoms with E-state index in [1.807, 2.05) is 25.1 Å². The van der Waals surface area contributed by atoms with Crippen molar-refractivity contribution in [3.05, 3.63) is 59.3 Å². The SMILES string of the molecule is CCc1ccccc1CNC(=NC)NCCC(=O)Nc1cccc(C)n1. The van der Waals surface area contributed by atoms with Crippen molar-refractivity contribution < 1.29 is 4.79 Å². The molecule has 0 unspecified atom stereocenters. The van der Waals surface area contributed by atoms with Gasteiger partial charge in [-0.15, -0.1) is 0 Å². The second kappa shape index (κ2) is 10.2. The van der Waals surface area contributed by atoms with Crippen LogP contribution in [0.25, 0.3) is 0 Å². The summed E-state index contributed by atoms with van der Waals surface area (Å²) in [4.78, 5) is 20.5. The number of aromatic nitrogens is 1. The molecule has 0 radical (unpaired) electrons. The third-order valence-electron chi connectivity index (χ3n) is 3.97. The lowest BCUT2D eigenvalue weighted by Gasteiger charge is -2.13. The Hall–Kier alpha value is -2.89. The number of aryl methyl sites for hydroxylation is 2. The number of carbonyl (C=O) groups is 1. The molecular weight excluding hydrogens is 326 g/mol. The molecule has 1 aromatic heterocycles. The summed E-state index contributed by atoms with van der Waals surface area (Å²) >= 11 is 0. The lowest BCUT2D eigenvalue weighted by atomic mass is 10.1. The Kier molecular flexibility index (Phi) is 7.61. The summed E-state index contributed by atoms with van der Waals surface area (Å²) in [6.07, 6.45) is 1.33. The summed E-state index contributed by atoms with van der Waals surface area (Å²) in [6.45, 7) is 5.23. The first-order valence-corrected chi connectivity index (χ1v) is 8.87. The maximum Gasteiger partial charge on any atom is 0.227 e. The molecule has 6 heteroatoms. The molecule has 0 aliphatic carbocycles. The minimum absolute atomic E-state index is 0.0811. The maximum absolute atomic E-state index is 12.0. The number of hydrogen-bond donors (Lipinski definition) is 3. The number of aliphatic imine (C=N–C) groups is 1. The third kappa shape index (κ3) is 6.20. The monoisotopic (exact) mass is 353 g/mol. The van der Waals surface area contributed by atoms with Crippen molar-refractivity contribution in [2.24, 2.45) is 4.99 Å². The normalized spacial score (nSPS) is 11.1. The zero-order valence-corrected chi connectivity index (χ0v) is 15.7. The van der Waals surface area contributed by atoms with E-state index in [0.29, 0.717) is 31.3 Å². The fourth-order valence-corrected chi connectivity index (χ4v) is 2.59. The van der Waals surface area contributed by atoms with Crippen molar-refractivity contribution in [3.8, 4) is 0 Å². The third-order valence-corrected chi connectivity index (χ3v) is 3.97. The number of guanidine groups is 1. The van der Waals surface area contributed by atoms with E-state index in [-0.39, 0.29) is 5.91 Å². The highest BCUT2D eigenvalue weighted by atomic mass is 16.1. The van der Waals surface area contributed by atoms with Crippen LogP contribution in [0, 0.1) is 6.92 Å². The quantitative estimate of drug-likeness (QED) is 0.528. The molecule has 1 heterocycles. The predicted molar refractivity (Wildman–Crippen MR) is 106 cm³/mol. The van der Waals surface area contributed by atoms with E-state index in [9.17, 15) is 4.79 Å². The zero-order valence-electron chi connectivity index (χ0n) is 15.7. The minimum atomic E-state index is -0.0811. The highest BCUT2D eigenvalue weighted by Gasteiger charge is 2.05. The summed E-state index contributed by atoms with van der Waals surface area (Å²) in [6, 6.07) is 13.9. The Morgan fingerprint density at radius 1 is 1.08 bits per heavy atom. The molecule has 138 valence electrons. The van der Waals surface area contributed by atoms with E-state index < -0.39 is 0 Å². The average Bonchev–Trinajstić information content (AvgIpc) is 2.64. The van der Waals surface area contributed by atoms with Gasteiger partial charge in [0.05, 0.1) is 0 Å². The first-order chi connectivity index (χ1) is 12.6. The number of carbonyl (C=O) groups excluding carboxylic acids is 1. The molecule has 2 rings (SSSR count). The molecule has 26 heavy (non-hydrogen) atoms. The van der Waals surface area contributed by atoms with Crippen LogP contribution >= 0.6 is 0 Å². The fraction of sp³-hybridized carbons (Fsp3) is 0.350. The van der Waals surface area contributed by atoms with Gasteiger partial charge in [0.25, 0.3) is 0 Å². The lowest BCUT2D eigenvalue weighted by molar-refractivity contribution is -0.116. The molecule has 0 fully saturated rings. The highest BCUT2D eigenvalue weighted by Crippen LogP contribution is 2.08. The van der Waals surface area contributed by atoms with Crippen LogP contribution in [0.4, 0.5) is 5.82 Å². The molecule has 6 nitrogen and oxygen atoms in total. The van der Waals surface area contributed by atoms with Gasteiger partial charge in [0.1, 0.15) is 5.82 Å². The van der Waals surface area contributed by atoms with Crippen LogP contribution in [0.3, 0.4) is 0 Å². The molecule has 0 atom stereocenters. The fourth-order valence-electron chi connectivity index (χ4n) is 2.59. The summed E-state index contributed by atoms with van der Waals surface area (Å²) < 4.78 is 0. The number of rotatable bonds is 7. The van der Waals surface area contributed by atoms with Crippen LogP contribution in [0.5, 0.6) is 0 Å². The summed E-state index contributed by atoms with van der Waals surface area (Å²) in [5.41, 5.74) is 3.44. The van der Waals surface area contributed by atoms with Crippen molar-refractivity contribution in [1.82, 2.24) is 15.6 Å². The van der Waals surface area contributed by atoms with Crippen LogP contribution in [-0.4, -0.2) is 30.4 Å². The molecule has 0 aliphatic heterocycles. The van der Waals surface area contributed by atoms with Gasteiger partial charge in [-0.2, -0.15) is 0 Å². The highest BCUT2D eigenvalue weighted by molar-refractivity contribution is 5.90. The zero-order chi connectivity index (χ0) is 18.8. The first-order valence-electron chi connectivity index (χ1n) is 8.87. The van der Waals surface area contributed by atoms with E-state index in [0.717, 1.165) is 12.1 Å². The standard InChI is InChI=1S/C20H27N5O/c1-4-16-9-5-6-10-17(16)14-23-20(21-3)22-13-12-19(26)25-18-11-7-8-15(2)24-18/h5-11H,4,12-14H2,1-3H3,(H2,21,22,23)(H,24,25,26). The topological polar surface area (TPSA) is 78.4 Å². The maximum atomic E-state index is 12.0. The average molecular weight is 353 g/mol. The van der Waals surface area contributed by atoms with Crippen molar-refractivity contribution >= 4 is 17.7 Å². The van der Waals surface area contributed by atoms with Gasteiger partial charge in [0, 0.05) is 32.3 Å². The second-order valence-electron chi connectivity index (χ2n) is 5.94. The van der Waals surface area contributed by atoms with Gasteiger partial charge < -0.3 is 16.0 Å². The Balaban J connectivity index is 1.75. The Bertz CT molecular complexity index is 757. The van der Waals surface area contributed by atoms with Crippen molar-refractivity contribution in [3.63, 3.8) is 0 Å². The molecule has 0 aliphatic rings. The number of amides is 1. The van der Waals surface area contributed by atoms with E-state index in [2.05, 4.69) is 51.0 Å². The molecular formula is C20H27N5O. The van der Waals surface area contributed by atoms with Gasteiger partial charge in [0.15, 0.2) is 5.96 Å². The van der Waals surface area contributed by atoms with Crippen LogP contribution in [0.2, 0.25) is 0 Å². The van der Waals surface area contributed by atoms with Gasteiger partial charge in [-0.25, -0.2) is 4.98 Å². The summed E-state index contributed by atoms with van der Waals surface area (Å²) in [5, 5.41) is 9.25. The van der Waals surface area contributed by atoms with Gasteiger partial charge in [-0.05, 0) is 36.6 Å². The predicted octanol–water partition coefficient (Wildman–Crippen LogP) is 2.65. The van der Waals surface area contributed by atoms with E-state index in [1.54, 1.807) is 13.1 Å². The molecule has 0 spiro atoms. The summed E-state index contributed by atoms with van der Waals surface area (Å²) in [5.74, 6) is 1.17. The Morgan fingerprint density at radius 3 is 2.54 bits per heavy atom. The Morgan fingerprint density at radius 2 is 1.85 bits per heavy atom. The number of benzene rings is 1. The van der Waals surface area contributed by atoms with Crippen LogP contribution in [0.1, 0.15) is 30.2 Å². The molecule has 3 N–H and O–H groups in total. The van der Waals surface area contributed by atoms with E-state index >= 15 is 0 Å². The van der Waals surface area contributed by atoms with Crippen LogP contribution in [0.15, 0.2) is 47.5 Å². The lowest BCUT2D eigenvalue weighted by Crippen LogP contribution is -2.38. The van der Waals surface area contributed by atoms with Gasteiger partial charge >= 0.3 is 0 Å². The largest absolute Gasteiger partial charge is 0.356 e. The van der Waals surface area contributed by atoms with Crippen molar-refractivity contribution in [2.45, 2.75) is 33.2 Å².